The summed E-state index contributed by atoms with van der Waals surface area (Å²) >= 11 is 6.79. The third-order valence-corrected chi connectivity index (χ3v) is 6.80. The van der Waals surface area contributed by atoms with Gasteiger partial charge in [0.05, 0.1) is 5.92 Å². The summed E-state index contributed by atoms with van der Waals surface area (Å²) in [5, 5.41) is 14.3. The second-order valence-electron chi connectivity index (χ2n) is 7.96. The molecule has 176 valence electrons. The molecule has 1 aliphatic heterocycles. The monoisotopic (exact) mass is 497 g/mol. The second-order valence-corrected chi connectivity index (χ2v) is 9.38. The Bertz CT molecular complexity index is 1200. The van der Waals surface area contributed by atoms with Gasteiger partial charge in [0, 0.05) is 29.5 Å². The van der Waals surface area contributed by atoms with Crippen molar-refractivity contribution in [1.29, 1.82) is 0 Å². The first kappa shape index (κ1) is 23.8. The summed E-state index contributed by atoms with van der Waals surface area (Å²) in [7, 11) is 0. The number of likely N-dealkylation sites (tertiary alicyclic amines) is 1. The Balaban J connectivity index is 1.38. The van der Waals surface area contributed by atoms with Gasteiger partial charge in [-0.3, -0.25) is 14.4 Å². The van der Waals surface area contributed by atoms with Crippen LogP contribution in [0, 0.1) is 5.92 Å². The van der Waals surface area contributed by atoms with Crippen molar-refractivity contribution in [2.24, 2.45) is 5.92 Å². The number of benzene rings is 2. The van der Waals surface area contributed by atoms with E-state index in [0.717, 1.165) is 29.0 Å². The summed E-state index contributed by atoms with van der Waals surface area (Å²) in [4.78, 5) is 40.0. The predicted molar refractivity (Wildman–Crippen MR) is 132 cm³/mol. The zero-order valence-corrected chi connectivity index (χ0v) is 20.2. The van der Waals surface area contributed by atoms with Crippen molar-refractivity contribution in [1.82, 2.24) is 15.1 Å². The fourth-order valence-corrected chi connectivity index (χ4v) is 4.65. The molecule has 8 nitrogen and oxygen atoms in total. The van der Waals surface area contributed by atoms with Crippen molar-refractivity contribution in [3.8, 4) is 0 Å². The largest absolute Gasteiger partial charge is 0.336 e. The molecule has 10 heteroatoms. The molecule has 1 fully saturated rings. The first-order valence-electron chi connectivity index (χ1n) is 11.0. The number of nitrogens with zero attached hydrogens (tertiary/aromatic N) is 3. The van der Waals surface area contributed by atoms with Crippen LogP contribution < -0.4 is 10.6 Å². The molecule has 34 heavy (non-hydrogen) atoms. The van der Waals surface area contributed by atoms with E-state index in [0.29, 0.717) is 36.6 Å². The maximum absolute atomic E-state index is 13.0. The molecule has 2 heterocycles. The molecule has 1 atom stereocenters. The number of hydrogen-bond acceptors (Lipinski definition) is 6. The van der Waals surface area contributed by atoms with Crippen LogP contribution >= 0.6 is 22.9 Å². The van der Waals surface area contributed by atoms with Gasteiger partial charge >= 0.3 is 0 Å². The number of anilines is 2. The Hall–Kier alpha value is -3.30. The van der Waals surface area contributed by atoms with Gasteiger partial charge in [-0.2, -0.15) is 0 Å². The van der Waals surface area contributed by atoms with E-state index in [1.54, 1.807) is 29.2 Å². The van der Waals surface area contributed by atoms with Crippen LogP contribution in [-0.2, 0) is 11.2 Å². The van der Waals surface area contributed by atoms with Crippen molar-refractivity contribution >= 4 is 52.0 Å². The van der Waals surface area contributed by atoms with Gasteiger partial charge < -0.3 is 15.5 Å². The predicted octanol–water partition coefficient (Wildman–Crippen LogP) is 4.50. The zero-order valence-electron chi connectivity index (χ0n) is 18.6. The van der Waals surface area contributed by atoms with Crippen molar-refractivity contribution in [2.45, 2.75) is 26.2 Å². The second kappa shape index (κ2) is 10.8. The van der Waals surface area contributed by atoms with Crippen LogP contribution in [0.2, 0.25) is 5.02 Å². The first-order chi connectivity index (χ1) is 16.4. The molecule has 0 unspecified atom stereocenters. The molecule has 1 aliphatic rings. The summed E-state index contributed by atoms with van der Waals surface area (Å²) in [6, 6.07) is 14.4. The van der Waals surface area contributed by atoms with E-state index in [1.807, 2.05) is 31.2 Å². The minimum absolute atomic E-state index is 0.0841. The average Bonchev–Trinajstić information content (AvgIpc) is 3.36. The van der Waals surface area contributed by atoms with Gasteiger partial charge in [0.15, 0.2) is 0 Å². The molecule has 0 aliphatic carbocycles. The van der Waals surface area contributed by atoms with Gasteiger partial charge in [-0.1, -0.05) is 48.1 Å². The van der Waals surface area contributed by atoms with E-state index in [1.165, 1.54) is 0 Å². The molecule has 1 saturated heterocycles. The highest BCUT2D eigenvalue weighted by molar-refractivity contribution is 7.15. The van der Waals surface area contributed by atoms with Crippen molar-refractivity contribution in [2.75, 3.05) is 23.7 Å². The molecule has 2 N–H and O–H groups in total. The van der Waals surface area contributed by atoms with E-state index in [4.69, 9.17) is 11.6 Å². The normalized spacial score (nSPS) is 15.6. The lowest BCUT2D eigenvalue weighted by molar-refractivity contribution is -0.121. The van der Waals surface area contributed by atoms with Gasteiger partial charge in [0.2, 0.25) is 15.9 Å². The molecule has 3 aromatic rings. The minimum Gasteiger partial charge on any atom is -0.336 e. The number of piperidine rings is 1. The zero-order chi connectivity index (χ0) is 24.1. The Morgan fingerprint density at radius 2 is 1.79 bits per heavy atom. The van der Waals surface area contributed by atoms with E-state index in [-0.39, 0.29) is 27.7 Å². The minimum atomic E-state index is -0.454. The number of amides is 3. The van der Waals surface area contributed by atoms with E-state index >= 15 is 0 Å². The highest BCUT2D eigenvalue weighted by Crippen LogP contribution is 2.23. The molecule has 0 bridgehead atoms. The molecule has 0 saturated carbocycles. The lowest BCUT2D eigenvalue weighted by Gasteiger charge is -2.31. The van der Waals surface area contributed by atoms with Gasteiger partial charge in [0.25, 0.3) is 11.8 Å². The number of nitrogens with one attached hydrogen (secondary N) is 2. The average molecular weight is 498 g/mol. The highest BCUT2D eigenvalue weighted by atomic mass is 35.5. The highest BCUT2D eigenvalue weighted by Gasteiger charge is 2.31. The number of hydrogen-bond donors (Lipinski definition) is 2. The quantitative estimate of drug-likeness (QED) is 0.522. The Kier molecular flexibility index (Phi) is 7.54. The maximum Gasteiger partial charge on any atom is 0.286 e. The number of aromatic nitrogens is 2. The van der Waals surface area contributed by atoms with Crippen LogP contribution in [-0.4, -0.2) is 45.9 Å². The summed E-state index contributed by atoms with van der Waals surface area (Å²) in [6.45, 7) is 2.86. The van der Waals surface area contributed by atoms with Crippen molar-refractivity contribution in [3.63, 3.8) is 0 Å². The van der Waals surface area contributed by atoms with Crippen LogP contribution in [0.5, 0.6) is 0 Å². The summed E-state index contributed by atoms with van der Waals surface area (Å²) in [5.74, 6) is -1.19. The number of carbonyl (C=O) groups excluding carboxylic acids is 3. The SMILES string of the molecule is CCc1ccccc1NC(=O)[C@@H]1CCCN(C(=O)c2nnc(C(=O)Nc3ccc(Cl)cc3)s2)C1. The standard InChI is InChI=1S/C24H24ClN5O3S/c1-2-15-6-3-4-8-19(15)27-20(31)16-7-5-13-30(14-16)24(33)23-29-28-22(34-23)21(32)26-18-11-9-17(25)10-12-18/h3-4,6,8-12,16H,2,5,7,13-14H2,1H3,(H,26,32)(H,27,31)/t16-/m1/s1. The summed E-state index contributed by atoms with van der Waals surface area (Å²) in [5.41, 5.74) is 2.43. The van der Waals surface area contributed by atoms with Gasteiger partial charge in [-0.05, 0) is 55.2 Å². The van der Waals surface area contributed by atoms with E-state index in [9.17, 15) is 14.4 Å². The molecule has 4 rings (SSSR count). The molecule has 2 aromatic carbocycles. The number of carbonyl (C=O) groups is 3. The van der Waals surface area contributed by atoms with Crippen LogP contribution in [0.4, 0.5) is 11.4 Å². The molecular weight excluding hydrogens is 474 g/mol. The summed E-state index contributed by atoms with van der Waals surface area (Å²) in [6.07, 6.45) is 2.23. The summed E-state index contributed by atoms with van der Waals surface area (Å²) < 4.78 is 0. The molecular formula is C24H24ClN5O3S. The molecule has 0 spiro atoms. The van der Waals surface area contributed by atoms with E-state index in [2.05, 4.69) is 20.8 Å². The smallest absolute Gasteiger partial charge is 0.286 e. The first-order valence-corrected chi connectivity index (χ1v) is 12.2. The van der Waals surface area contributed by atoms with Gasteiger partial charge in [-0.15, -0.1) is 10.2 Å². The lowest BCUT2D eigenvalue weighted by Crippen LogP contribution is -2.43. The van der Waals surface area contributed by atoms with Crippen LogP contribution in [0.1, 0.15) is 44.9 Å². The Morgan fingerprint density at radius 1 is 1.06 bits per heavy atom. The molecule has 0 radical (unpaired) electrons. The fourth-order valence-electron chi connectivity index (χ4n) is 3.82. The molecule has 1 aromatic heterocycles. The lowest BCUT2D eigenvalue weighted by atomic mass is 9.96. The number of rotatable bonds is 6. The van der Waals surface area contributed by atoms with Crippen molar-refractivity contribution < 1.29 is 14.4 Å². The Labute approximate surface area is 206 Å². The Morgan fingerprint density at radius 3 is 2.56 bits per heavy atom. The van der Waals surface area contributed by atoms with Crippen molar-refractivity contribution in [3.05, 3.63) is 69.1 Å². The third-order valence-electron chi connectivity index (χ3n) is 5.64. The molecule has 3 amide bonds. The van der Waals surface area contributed by atoms with E-state index < -0.39 is 5.91 Å². The van der Waals surface area contributed by atoms with Crippen LogP contribution in [0.25, 0.3) is 0 Å². The number of aryl methyl sites for hydroxylation is 1. The van der Waals surface area contributed by atoms with Crippen LogP contribution in [0.3, 0.4) is 0 Å². The third kappa shape index (κ3) is 5.60. The van der Waals surface area contributed by atoms with Crippen LogP contribution in [0.15, 0.2) is 48.5 Å². The van der Waals surface area contributed by atoms with Gasteiger partial charge in [0.1, 0.15) is 0 Å². The van der Waals surface area contributed by atoms with Gasteiger partial charge in [-0.25, -0.2) is 0 Å². The fraction of sp³-hybridized carbons (Fsp3) is 0.292. The maximum atomic E-state index is 13.0. The number of para-hydroxylation sites is 1. The number of halogens is 1. The topological polar surface area (TPSA) is 104 Å².